The first-order valence-corrected chi connectivity index (χ1v) is 7.82. The number of methoxy groups -OCH3 is 2. The normalized spacial score (nSPS) is 12.0. The van der Waals surface area contributed by atoms with Gasteiger partial charge in [-0.3, -0.25) is 0 Å². The molecule has 9 heteroatoms. The molecule has 1 rings (SSSR count). The number of primary sulfonamides is 1. The van der Waals surface area contributed by atoms with Gasteiger partial charge in [-0.05, 0) is 17.7 Å². The Kier molecular flexibility index (Phi) is 6.25. The predicted molar refractivity (Wildman–Crippen MR) is 80.8 cm³/mol. The Hall–Kier alpha value is -2.00. The van der Waals surface area contributed by atoms with E-state index in [1.54, 1.807) is 26.4 Å². The Balaban J connectivity index is 2.59. The quantitative estimate of drug-likeness (QED) is 0.455. The smallest absolute Gasteiger partial charge is 0.210 e. The van der Waals surface area contributed by atoms with Crippen molar-refractivity contribution in [2.24, 2.45) is 15.9 Å². The molecule has 0 atom stereocenters. The molecule has 0 aliphatic heterocycles. The first-order chi connectivity index (χ1) is 9.85. The lowest BCUT2D eigenvalue weighted by atomic mass is 10.2. The van der Waals surface area contributed by atoms with Gasteiger partial charge < -0.3 is 20.5 Å². The molecule has 0 radical (unpaired) electrons. The largest absolute Gasteiger partial charge is 0.493 e. The molecule has 0 bridgehead atoms. The van der Waals surface area contributed by atoms with Crippen LogP contribution in [-0.2, 0) is 16.6 Å². The summed E-state index contributed by atoms with van der Waals surface area (Å²) in [5.74, 6) is 1.17. The highest BCUT2D eigenvalue weighted by molar-refractivity contribution is 7.89. The van der Waals surface area contributed by atoms with E-state index in [2.05, 4.69) is 10.3 Å². The Morgan fingerprint density at radius 1 is 1.29 bits per heavy atom. The van der Waals surface area contributed by atoms with E-state index >= 15 is 0 Å². The zero-order valence-corrected chi connectivity index (χ0v) is 12.8. The summed E-state index contributed by atoms with van der Waals surface area (Å²) < 4.78 is 31.8. The van der Waals surface area contributed by atoms with Gasteiger partial charge in [0.2, 0.25) is 10.0 Å². The first kappa shape index (κ1) is 17.1. The van der Waals surface area contributed by atoms with Crippen molar-refractivity contribution in [1.29, 1.82) is 0 Å². The Bertz CT molecular complexity index is 601. The molecule has 0 unspecified atom stereocenters. The highest BCUT2D eigenvalue weighted by atomic mass is 32.2. The molecule has 0 spiro atoms. The number of hydrogen-bond acceptors (Lipinski definition) is 5. The molecule has 0 aliphatic rings. The van der Waals surface area contributed by atoms with Gasteiger partial charge >= 0.3 is 0 Å². The number of ether oxygens (including phenoxy) is 2. The van der Waals surface area contributed by atoms with Gasteiger partial charge in [0.05, 0.1) is 26.5 Å². The number of nitrogens with two attached hydrogens (primary N) is 2. The van der Waals surface area contributed by atoms with E-state index in [9.17, 15) is 8.42 Å². The molecule has 118 valence electrons. The molecule has 1 aromatic carbocycles. The van der Waals surface area contributed by atoms with Crippen LogP contribution in [0.3, 0.4) is 0 Å². The minimum atomic E-state index is -3.51. The highest BCUT2D eigenvalue weighted by Gasteiger charge is 2.05. The third-order valence-corrected chi connectivity index (χ3v) is 3.35. The highest BCUT2D eigenvalue weighted by Crippen LogP contribution is 2.27. The summed E-state index contributed by atoms with van der Waals surface area (Å²) in [7, 11) is -0.399. The van der Waals surface area contributed by atoms with Crippen molar-refractivity contribution in [3.63, 3.8) is 0 Å². The van der Waals surface area contributed by atoms with Gasteiger partial charge in [-0.1, -0.05) is 6.07 Å². The number of rotatable bonds is 7. The van der Waals surface area contributed by atoms with Gasteiger partial charge in [-0.25, -0.2) is 18.5 Å². The Labute approximate surface area is 124 Å². The summed E-state index contributed by atoms with van der Waals surface area (Å²) in [5.41, 5.74) is 6.50. The number of sulfonamides is 1. The summed E-state index contributed by atoms with van der Waals surface area (Å²) in [5, 5.41) is 7.54. The first-order valence-electron chi connectivity index (χ1n) is 6.11. The zero-order chi connectivity index (χ0) is 15.9. The van der Waals surface area contributed by atoms with E-state index < -0.39 is 10.0 Å². The van der Waals surface area contributed by atoms with Crippen molar-refractivity contribution in [1.82, 2.24) is 5.32 Å². The Morgan fingerprint density at radius 2 is 1.95 bits per heavy atom. The summed E-state index contributed by atoms with van der Waals surface area (Å²) >= 11 is 0. The lowest BCUT2D eigenvalue weighted by Crippen LogP contribution is -2.36. The molecule has 0 amide bonds. The molecule has 0 saturated heterocycles. The summed E-state index contributed by atoms with van der Waals surface area (Å²) in [6.45, 7) is 0.439. The van der Waals surface area contributed by atoms with Crippen LogP contribution in [0.5, 0.6) is 11.5 Å². The van der Waals surface area contributed by atoms with Crippen LogP contribution in [0.2, 0.25) is 0 Å². The van der Waals surface area contributed by atoms with Gasteiger partial charge in [-0.2, -0.15) is 0 Å². The second-order valence-corrected chi connectivity index (χ2v) is 5.92. The van der Waals surface area contributed by atoms with Gasteiger partial charge in [0.25, 0.3) is 0 Å². The molecular weight excluding hydrogens is 296 g/mol. The summed E-state index contributed by atoms with van der Waals surface area (Å²) in [6.07, 6.45) is 0. The van der Waals surface area contributed by atoms with E-state index in [0.717, 1.165) is 5.56 Å². The predicted octanol–water partition coefficient (Wildman–Crippen LogP) is -0.603. The lowest BCUT2D eigenvalue weighted by molar-refractivity contribution is 0.354. The number of aliphatic imine (C=N–C) groups is 1. The van der Waals surface area contributed by atoms with Crippen LogP contribution in [0.1, 0.15) is 5.56 Å². The van der Waals surface area contributed by atoms with Crippen molar-refractivity contribution in [3.05, 3.63) is 23.8 Å². The average Bonchev–Trinajstić information content (AvgIpc) is 2.43. The van der Waals surface area contributed by atoms with E-state index in [4.69, 9.17) is 20.3 Å². The second kappa shape index (κ2) is 7.70. The van der Waals surface area contributed by atoms with Crippen LogP contribution in [0, 0.1) is 0 Å². The third kappa shape index (κ3) is 6.32. The molecule has 1 aromatic rings. The van der Waals surface area contributed by atoms with E-state index in [1.165, 1.54) is 0 Å². The van der Waals surface area contributed by atoms with Crippen LogP contribution in [0.25, 0.3) is 0 Å². The van der Waals surface area contributed by atoms with Crippen LogP contribution < -0.4 is 25.7 Å². The molecule has 8 nitrogen and oxygen atoms in total. The fourth-order valence-corrected chi connectivity index (χ4v) is 1.92. The SMILES string of the molecule is COc1ccc(CN=C(N)NCCS(N)(=O)=O)cc1OC. The van der Waals surface area contributed by atoms with E-state index in [-0.39, 0.29) is 18.3 Å². The van der Waals surface area contributed by atoms with Gasteiger partial charge in [0.15, 0.2) is 17.5 Å². The molecule has 0 aliphatic carbocycles. The maximum Gasteiger partial charge on any atom is 0.210 e. The summed E-state index contributed by atoms with van der Waals surface area (Å²) in [4.78, 5) is 4.10. The van der Waals surface area contributed by atoms with E-state index in [0.29, 0.717) is 18.0 Å². The minimum Gasteiger partial charge on any atom is -0.493 e. The minimum absolute atomic E-state index is 0.111. The molecule has 21 heavy (non-hydrogen) atoms. The van der Waals surface area contributed by atoms with E-state index in [1.807, 2.05) is 6.07 Å². The van der Waals surface area contributed by atoms with Gasteiger partial charge in [0.1, 0.15) is 0 Å². The number of hydrogen-bond donors (Lipinski definition) is 3. The second-order valence-electron chi connectivity index (χ2n) is 4.18. The van der Waals surface area contributed by atoms with Crippen molar-refractivity contribution >= 4 is 16.0 Å². The Morgan fingerprint density at radius 3 is 2.52 bits per heavy atom. The monoisotopic (exact) mass is 316 g/mol. The van der Waals surface area contributed by atoms with Crippen LogP contribution >= 0.6 is 0 Å². The van der Waals surface area contributed by atoms with Gasteiger partial charge in [0, 0.05) is 6.54 Å². The third-order valence-electron chi connectivity index (χ3n) is 2.57. The zero-order valence-electron chi connectivity index (χ0n) is 12.0. The number of nitrogens with one attached hydrogen (secondary N) is 1. The van der Waals surface area contributed by atoms with Crippen LogP contribution in [-0.4, -0.2) is 40.9 Å². The molecule has 5 N–H and O–H groups in total. The maximum atomic E-state index is 10.8. The fraction of sp³-hybridized carbons (Fsp3) is 0.417. The fourth-order valence-electron chi connectivity index (χ4n) is 1.53. The summed E-state index contributed by atoms with van der Waals surface area (Å²) in [6, 6.07) is 5.40. The molecule has 0 saturated carbocycles. The molecular formula is C12H20N4O4S. The standard InChI is InChI=1S/C12H20N4O4S/c1-19-10-4-3-9(7-11(10)20-2)8-16-12(13)15-5-6-21(14,17)18/h3-4,7H,5-6,8H2,1-2H3,(H3,13,15,16)(H2,14,17,18). The molecule has 0 heterocycles. The maximum absolute atomic E-state index is 10.8. The number of nitrogens with zero attached hydrogens (tertiary/aromatic N) is 1. The van der Waals surface area contributed by atoms with Crippen molar-refractivity contribution in [2.45, 2.75) is 6.54 Å². The van der Waals surface area contributed by atoms with Crippen LogP contribution in [0.4, 0.5) is 0 Å². The topological polar surface area (TPSA) is 129 Å². The van der Waals surface area contributed by atoms with Gasteiger partial charge in [-0.15, -0.1) is 0 Å². The van der Waals surface area contributed by atoms with Crippen LogP contribution in [0.15, 0.2) is 23.2 Å². The van der Waals surface area contributed by atoms with Crippen molar-refractivity contribution < 1.29 is 17.9 Å². The van der Waals surface area contributed by atoms with Crippen molar-refractivity contribution in [2.75, 3.05) is 26.5 Å². The number of benzene rings is 1. The average molecular weight is 316 g/mol. The lowest BCUT2D eigenvalue weighted by Gasteiger charge is -2.09. The molecule has 0 aromatic heterocycles. The molecule has 0 fully saturated rings. The van der Waals surface area contributed by atoms with Crippen molar-refractivity contribution in [3.8, 4) is 11.5 Å². The number of guanidine groups is 1.